The van der Waals surface area contributed by atoms with Gasteiger partial charge in [0.1, 0.15) is 12.4 Å². The lowest BCUT2D eigenvalue weighted by molar-refractivity contribution is 0.0999. The van der Waals surface area contributed by atoms with E-state index in [0.29, 0.717) is 21.9 Å². The van der Waals surface area contributed by atoms with Crippen LogP contribution in [0.5, 0.6) is 5.75 Å². The van der Waals surface area contributed by atoms with Gasteiger partial charge in [0.15, 0.2) is 5.78 Å². The smallest absolute Gasteiger partial charge is 0.196 e. The lowest BCUT2D eigenvalue weighted by Gasteiger charge is -2.18. The molecule has 2 aromatic rings. The second-order valence-electron chi connectivity index (χ2n) is 4.72. The Morgan fingerprint density at radius 1 is 1.10 bits per heavy atom. The molecule has 1 aliphatic heterocycles. The Bertz CT molecular complexity index is 730. The van der Waals surface area contributed by atoms with E-state index < -0.39 is 0 Å². The molecule has 0 aromatic heterocycles. The number of Topliss-reactive ketones (excluding diaryl/α,β-unsaturated/α-hetero) is 1. The van der Waals surface area contributed by atoms with Gasteiger partial charge in [-0.25, -0.2) is 0 Å². The van der Waals surface area contributed by atoms with E-state index in [0.717, 1.165) is 5.56 Å². The average Bonchev–Trinajstić information content (AvgIpc) is 2.51. The van der Waals surface area contributed by atoms with Gasteiger partial charge < -0.3 is 4.74 Å². The zero-order valence-electron chi connectivity index (χ0n) is 11.3. The number of halogens is 1. The maximum Gasteiger partial charge on any atom is 0.196 e. The maximum atomic E-state index is 12.4. The predicted molar refractivity (Wildman–Crippen MR) is 84.8 cm³/mol. The number of hydrogen-bond acceptors (Lipinski definition) is 2. The van der Waals surface area contributed by atoms with Crippen molar-refractivity contribution in [3.63, 3.8) is 0 Å². The van der Waals surface area contributed by atoms with Gasteiger partial charge in [-0.05, 0) is 23.8 Å². The third kappa shape index (κ3) is 3.06. The fourth-order valence-electron chi connectivity index (χ4n) is 2.16. The molecule has 0 aliphatic carbocycles. The molecule has 3 heteroatoms. The van der Waals surface area contributed by atoms with Gasteiger partial charge in [-0.1, -0.05) is 60.2 Å². The molecule has 104 valence electrons. The fraction of sp³-hybridized carbons (Fsp3) is 0.0556. The van der Waals surface area contributed by atoms with Crippen LogP contribution in [0.3, 0.4) is 0 Å². The van der Waals surface area contributed by atoms with E-state index in [4.69, 9.17) is 16.3 Å². The molecule has 0 radical (unpaired) electrons. The van der Waals surface area contributed by atoms with Crippen molar-refractivity contribution in [3.8, 4) is 5.75 Å². The van der Waals surface area contributed by atoms with Crippen molar-refractivity contribution in [3.05, 3.63) is 82.4 Å². The standard InChI is InChI=1S/C18H13ClO2/c19-15-9-10-17-16(11-15)18(20)14(12-21-17)8-4-7-13-5-2-1-3-6-13/h1-11H,12H2/b7-4+,14-8+. The van der Waals surface area contributed by atoms with Gasteiger partial charge in [-0.15, -0.1) is 0 Å². The van der Waals surface area contributed by atoms with Gasteiger partial charge in [0.25, 0.3) is 0 Å². The second-order valence-corrected chi connectivity index (χ2v) is 5.16. The summed E-state index contributed by atoms with van der Waals surface area (Å²) in [5.74, 6) is 0.560. The number of benzene rings is 2. The Hall–Kier alpha value is -2.32. The summed E-state index contributed by atoms with van der Waals surface area (Å²) >= 11 is 5.93. The molecule has 0 saturated carbocycles. The minimum Gasteiger partial charge on any atom is -0.488 e. The summed E-state index contributed by atoms with van der Waals surface area (Å²) in [4.78, 5) is 12.4. The van der Waals surface area contributed by atoms with Crippen molar-refractivity contribution in [1.82, 2.24) is 0 Å². The van der Waals surface area contributed by atoms with E-state index in [2.05, 4.69) is 0 Å². The molecule has 0 N–H and O–H groups in total. The summed E-state index contributed by atoms with van der Waals surface area (Å²) in [6.07, 6.45) is 5.61. The summed E-state index contributed by atoms with van der Waals surface area (Å²) < 4.78 is 5.58. The highest BCUT2D eigenvalue weighted by Gasteiger charge is 2.22. The number of fused-ring (bicyclic) bond motifs is 1. The normalized spacial score (nSPS) is 16.0. The quantitative estimate of drug-likeness (QED) is 0.760. The zero-order chi connectivity index (χ0) is 14.7. The molecule has 2 nitrogen and oxygen atoms in total. The van der Waals surface area contributed by atoms with Gasteiger partial charge in [-0.2, -0.15) is 0 Å². The Balaban J connectivity index is 1.83. The van der Waals surface area contributed by atoms with Crippen LogP contribution < -0.4 is 4.74 Å². The number of carbonyl (C=O) groups excluding carboxylic acids is 1. The largest absolute Gasteiger partial charge is 0.488 e. The monoisotopic (exact) mass is 296 g/mol. The molecule has 0 fully saturated rings. The molecule has 21 heavy (non-hydrogen) atoms. The second kappa shape index (κ2) is 5.98. The molecule has 0 atom stereocenters. The van der Waals surface area contributed by atoms with Crippen molar-refractivity contribution in [2.75, 3.05) is 6.61 Å². The number of carbonyl (C=O) groups is 1. The van der Waals surface area contributed by atoms with Crippen molar-refractivity contribution < 1.29 is 9.53 Å². The van der Waals surface area contributed by atoms with Crippen LogP contribution in [0, 0.1) is 0 Å². The fourth-order valence-corrected chi connectivity index (χ4v) is 2.33. The van der Waals surface area contributed by atoms with E-state index in [9.17, 15) is 4.79 Å². The molecule has 0 unspecified atom stereocenters. The Morgan fingerprint density at radius 2 is 1.90 bits per heavy atom. The SMILES string of the molecule is O=C1/C(=C/C=C/c2ccccc2)COc2ccc(Cl)cc21. The van der Waals surface area contributed by atoms with Crippen LogP contribution in [0.15, 0.2) is 66.3 Å². The van der Waals surface area contributed by atoms with Crippen LogP contribution in [0.1, 0.15) is 15.9 Å². The van der Waals surface area contributed by atoms with E-state index in [-0.39, 0.29) is 12.4 Å². The summed E-state index contributed by atoms with van der Waals surface area (Å²) in [5, 5.41) is 0.534. The van der Waals surface area contributed by atoms with Gasteiger partial charge in [-0.3, -0.25) is 4.79 Å². The minimum absolute atomic E-state index is 0.0311. The molecule has 0 spiro atoms. The van der Waals surface area contributed by atoms with Crippen LogP contribution in [-0.4, -0.2) is 12.4 Å². The Morgan fingerprint density at radius 3 is 2.71 bits per heavy atom. The van der Waals surface area contributed by atoms with Crippen molar-refractivity contribution >= 4 is 23.5 Å². The summed E-state index contributed by atoms with van der Waals surface area (Å²) in [7, 11) is 0. The number of ether oxygens (including phenoxy) is 1. The Kier molecular flexibility index (Phi) is 3.89. The average molecular weight is 297 g/mol. The first-order chi connectivity index (χ1) is 10.2. The zero-order valence-corrected chi connectivity index (χ0v) is 12.0. The van der Waals surface area contributed by atoms with E-state index in [1.165, 1.54) is 0 Å². The summed E-state index contributed by atoms with van der Waals surface area (Å²) in [5.41, 5.74) is 2.23. The molecule has 1 heterocycles. The highest BCUT2D eigenvalue weighted by atomic mass is 35.5. The van der Waals surface area contributed by atoms with Crippen LogP contribution in [0.4, 0.5) is 0 Å². The van der Waals surface area contributed by atoms with Crippen LogP contribution >= 0.6 is 11.6 Å². The molecule has 3 rings (SSSR count). The highest BCUT2D eigenvalue weighted by Crippen LogP contribution is 2.29. The predicted octanol–water partition coefficient (Wildman–Crippen LogP) is 4.55. The first kappa shape index (κ1) is 13.7. The van der Waals surface area contributed by atoms with Gasteiger partial charge in [0.05, 0.1) is 5.56 Å². The topological polar surface area (TPSA) is 26.3 Å². The van der Waals surface area contributed by atoms with Gasteiger partial charge in [0.2, 0.25) is 0 Å². The number of hydrogen-bond donors (Lipinski definition) is 0. The molecule has 2 aromatic carbocycles. The van der Waals surface area contributed by atoms with Crippen LogP contribution in [0.2, 0.25) is 5.02 Å². The van der Waals surface area contributed by atoms with Crippen LogP contribution in [0.25, 0.3) is 6.08 Å². The van der Waals surface area contributed by atoms with E-state index in [1.807, 2.05) is 42.5 Å². The number of ketones is 1. The summed E-state index contributed by atoms with van der Waals surface area (Å²) in [6, 6.07) is 15.0. The molecule has 0 saturated heterocycles. The number of allylic oxidation sites excluding steroid dienone is 2. The molecule has 0 amide bonds. The third-order valence-corrected chi connectivity index (χ3v) is 3.48. The van der Waals surface area contributed by atoms with Crippen LogP contribution in [-0.2, 0) is 0 Å². The maximum absolute atomic E-state index is 12.4. The molecular formula is C18H13ClO2. The first-order valence-corrected chi connectivity index (χ1v) is 7.01. The third-order valence-electron chi connectivity index (χ3n) is 3.25. The number of rotatable bonds is 2. The van der Waals surface area contributed by atoms with E-state index in [1.54, 1.807) is 24.3 Å². The van der Waals surface area contributed by atoms with E-state index >= 15 is 0 Å². The lowest BCUT2D eigenvalue weighted by Crippen LogP contribution is -2.18. The summed E-state index contributed by atoms with van der Waals surface area (Å²) in [6.45, 7) is 0.284. The molecule has 0 bridgehead atoms. The lowest BCUT2D eigenvalue weighted by atomic mass is 10.00. The highest BCUT2D eigenvalue weighted by molar-refractivity contribution is 6.31. The molecule has 1 aliphatic rings. The first-order valence-electron chi connectivity index (χ1n) is 6.63. The molecular weight excluding hydrogens is 284 g/mol. The Labute approximate surface area is 128 Å². The van der Waals surface area contributed by atoms with Gasteiger partial charge in [0, 0.05) is 10.6 Å². The minimum atomic E-state index is -0.0311. The van der Waals surface area contributed by atoms with Crippen molar-refractivity contribution in [2.24, 2.45) is 0 Å². The van der Waals surface area contributed by atoms with Gasteiger partial charge >= 0.3 is 0 Å². The van der Waals surface area contributed by atoms with Crippen molar-refractivity contribution in [2.45, 2.75) is 0 Å². The van der Waals surface area contributed by atoms with Crippen molar-refractivity contribution in [1.29, 1.82) is 0 Å².